The number of benzene rings is 1. The zero-order chi connectivity index (χ0) is 30.2. The molecule has 0 aliphatic carbocycles. The van der Waals surface area contributed by atoms with E-state index in [0.29, 0.717) is 17.9 Å². The van der Waals surface area contributed by atoms with Gasteiger partial charge in [-0.1, -0.05) is 30.3 Å². The minimum atomic E-state index is -3.18. The van der Waals surface area contributed by atoms with Gasteiger partial charge in [-0.3, -0.25) is 9.48 Å². The molecule has 11 nitrogen and oxygen atoms in total. The number of nitrogens with zero attached hydrogens (tertiary/aromatic N) is 6. The number of pyridine rings is 1. The summed E-state index contributed by atoms with van der Waals surface area (Å²) in [6, 6.07) is 13.0. The summed E-state index contributed by atoms with van der Waals surface area (Å²) in [5.74, 6) is -0.693. The molecule has 2 aromatic heterocycles. The van der Waals surface area contributed by atoms with Crippen molar-refractivity contribution in [2.45, 2.75) is 32.2 Å². The van der Waals surface area contributed by atoms with Crippen LogP contribution in [0.1, 0.15) is 17.7 Å². The van der Waals surface area contributed by atoms with Crippen LogP contribution in [-0.2, 0) is 29.7 Å². The molecule has 0 bridgehead atoms. The van der Waals surface area contributed by atoms with Crippen molar-refractivity contribution in [3.05, 3.63) is 66.1 Å². The van der Waals surface area contributed by atoms with Crippen LogP contribution in [0.5, 0.6) is 11.8 Å². The lowest BCUT2D eigenvalue weighted by Gasteiger charge is -2.24. The van der Waals surface area contributed by atoms with Crippen molar-refractivity contribution in [1.29, 1.82) is 0 Å². The quantitative estimate of drug-likeness (QED) is 0.240. The standard InChI is InChI=1S/C28H25F4N7O4/c1-37-12-18(26(36-37)43-28(31)32)20-17-8-5-9-38(10-15-6-3-2-4-7-15)25(17)34-22(20)21-23(24(29)30)35-39-11-16(13-42-27(21)39)41-14-19(33)40/h2-9,12,16,24,28H,10-11,13-14H2,1H3,(H2,33,40)/t16-/m0/s1. The Morgan fingerprint density at radius 1 is 1.09 bits per heavy atom. The lowest BCUT2D eigenvalue weighted by atomic mass is 9.98. The second kappa shape index (κ2) is 11.4. The molecule has 43 heavy (non-hydrogen) atoms. The monoisotopic (exact) mass is 599 g/mol. The fourth-order valence-electron chi connectivity index (χ4n) is 5.15. The number of aromatic nitrogens is 6. The van der Waals surface area contributed by atoms with Crippen LogP contribution >= 0.6 is 0 Å². The highest BCUT2D eigenvalue weighted by Crippen LogP contribution is 2.49. The van der Waals surface area contributed by atoms with E-state index < -0.39 is 36.6 Å². The Kier molecular flexibility index (Phi) is 7.48. The molecule has 3 aliphatic rings. The van der Waals surface area contributed by atoms with Crippen LogP contribution in [0.2, 0.25) is 0 Å². The minimum Gasteiger partial charge on any atom is -0.474 e. The van der Waals surface area contributed by atoms with Crippen LogP contribution in [0.3, 0.4) is 0 Å². The summed E-state index contributed by atoms with van der Waals surface area (Å²) in [4.78, 5) is 16.0. The van der Waals surface area contributed by atoms with Crippen LogP contribution in [0.4, 0.5) is 17.6 Å². The summed E-state index contributed by atoms with van der Waals surface area (Å²) in [5.41, 5.74) is 6.27. The minimum absolute atomic E-state index is 0.00145. The summed E-state index contributed by atoms with van der Waals surface area (Å²) in [6.07, 6.45) is -0.481. The third kappa shape index (κ3) is 5.50. The largest absolute Gasteiger partial charge is 0.474 e. The SMILES string of the molecule is Cn1cc(-c2c3cccn(Cc4ccccc4)c-3nc2-c2c(C(F)F)nn3c2OC[C@@H](OCC(N)=O)C3)c(OC(F)F)n1. The number of halogens is 4. The van der Waals surface area contributed by atoms with Gasteiger partial charge < -0.3 is 24.5 Å². The summed E-state index contributed by atoms with van der Waals surface area (Å²) in [6.45, 7) is -3.25. The van der Waals surface area contributed by atoms with Crippen LogP contribution < -0.4 is 15.2 Å². The molecular weight excluding hydrogens is 574 g/mol. The van der Waals surface area contributed by atoms with Crippen molar-refractivity contribution >= 4 is 5.91 Å². The summed E-state index contributed by atoms with van der Waals surface area (Å²) >= 11 is 0. The lowest BCUT2D eigenvalue weighted by molar-refractivity contribution is -0.126. The van der Waals surface area contributed by atoms with Crippen molar-refractivity contribution in [2.24, 2.45) is 12.8 Å². The van der Waals surface area contributed by atoms with Crippen LogP contribution in [0.15, 0.2) is 54.9 Å². The molecule has 1 aromatic carbocycles. The highest BCUT2D eigenvalue weighted by atomic mass is 19.3. The maximum absolute atomic E-state index is 14.6. The van der Waals surface area contributed by atoms with E-state index in [0.717, 1.165) is 5.56 Å². The Labute approximate surface area is 241 Å². The highest BCUT2D eigenvalue weighted by Gasteiger charge is 2.37. The van der Waals surface area contributed by atoms with Crippen LogP contribution in [-0.4, -0.2) is 60.9 Å². The van der Waals surface area contributed by atoms with Crippen LogP contribution in [0.25, 0.3) is 33.8 Å². The first-order chi connectivity index (χ1) is 20.7. The fourth-order valence-corrected chi connectivity index (χ4v) is 5.15. The van der Waals surface area contributed by atoms with Crippen molar-refractivity contribution < 1.29 is 36.6 Å². The number of ether oxygens (including phenoxy) is 3. The fraction of sp³-hybridized carbons (Fsp3) is 0.286. The van der Waals surface area contributed by atoms with E-state index in [9.17, 15) is 22.4 Å². The summed E-state index contributed by atoms with van der Waals surface area (Å²) in [5, 5.41) is 8.14. The van der Waals surface area contributed by atoms with E-state index in [2.05, 4.69) is 10.2 Å². The molecule has 15 heteroatoms. The predicted octanol–water partition coefficient (Wildman–Crippen LogP) is 4.10. The van der Waals surface area contributed by atoms with E-state index >= 15 is 0 Å². The Balaban J connectivity index is 1.56. The molecule has 6 rings (SSSR count). The van der Waals surface area contributed by atoms with Gasteiger partial charge in [0.25, 0.3) is 6.43 Å². The van der Waals surface area contributed by atoms with Gasteiger partial charge in [-0.2, -0.15) is 13.9 Å². The number of carbonyl (C=O) groups is 1. The molecule has 5 heterocycles. The third-order valence-corrected chi connectivity index (χ3v) is 6.85. The Morgan fingerprint density at radius 2 is 1.88 bits per heavy atom. The number of carbonyl (C=O) groups excluding carboxylic acids is 1. The second-order valence-electron chi connectivity index (χ2n) is 9.85. The van der Waals surface area contributed by atoms with Gasteiger partial charge in [0.15, 0.2) is 0 Å². The first-order valence-corrected chi connectivity index (χ1v) is 13.1. The van der Waals surface area contributed by atoms with Gasteiger partial charge in [-0.15, -0.1) is 5.10 Å². The molecular formula is C28H25F4N7O4. The third-order valence-electron chi connectivity index (χ3n) is 6.85. The normalized spacial score (nSPS) is 14.8. The number of rotatable bonds is 10. The number of amides is 1. The maximum Gasteiger partial charge on any atom is 0.388 e. The van der Waals surface area contributed by atoms with E-state index in [-0.39, 0.29) is 48.0 Å². The summed E-state index contributed by atoms with van der Waals surface area (Å²) < 4.78 is 76.3. The molecule has 0 fully saturated rings. The average molecular weight is 600 g/mol. The molecule has 3 aliphatic heterocycles. The van der Waals surface area contributed by atoms with Gasteiger partial charge >= 0.3 is 6.61 Å². The van der Waals surface area contributed by atoms with Crippen molar-refractivity contribution in [2.75, 3.05) is 13.2 Å². The molecule has 224 valence electrons. The number of hydrogen-bond donors (Lipinski definition) is 1. The Morgan fingerprint density at radius 3 is 2.60 bits per heavy atom. The van der Waals surface area contributed by atoms with Crippen molar-refractivity contribution in [3.8, 4) is 45.5 Å². The number of hydrogen-bond acceptors (Lipinski definition) is 7. The van der Waals surface area contributed by atoms with E-state index in [4.69, 9.17) is 24.9 Å². The number of primary amides is 1. The molecule has 0 spiro atoms. The van der Waals surface area contributed by atoms with Gasteiger partial charge in [0.1, 0.15) is 30.8 Å². The molecule has 0 saturated heterocycles. The van der Waals surface area contributed by atoms with Crippen molar-refractivity contribution in [1.82, 2.24) is 29.1 Å². The van der Waals surface area contributed by atoms with E-state index in [1.54, 1.807) is 18.3 Å². The average Bonchev–Trinajstić information content (AvgIpc) is 3.64. The van der Waals surface area contributed by atoms with Crippen molar-refractivity contribution in [3.63, 3.8) is 0 Å². The maximum atomic E-state index is 14.6. The molecule has 2 N–H and O–H groups in total. The topological polar surface area (TPSA) is 124 Å². The molecule has 0 radical (unpaired) electrons. The van der Waals surface area contributed by atoms with Crippen LogP contribution in [0, 0.1) is 0 Å². The predicted molar refractivity (Wildman–Crippen MR) is 144 cm³/mol. The zero-order valence-corrected chi connectivity index (χ0v) is 22.7. The zero-order valence-electron chi connectivity index (χ0n) is 22.7. The van der Waals surface area contributed by atoms with E-state index in [1.807, 2.05) is 34.9 Å². The Hall–Kier alpha value is -4.92. The highest BCUT2D eigenvalue weighted by molar-refractivity contribution is 5.97. The number of nitrogens with two attached hydrogens (primary N) is 1. The molecule has 0 unspecified atom stereocenters. The summed E-state index contributed by atoms with van der Waals surface area (Å²) in [7, 11) is 1.53. The number of fused-ring (bicyclic) bond motifs is 2. The molecule has 1 atom stereocenters. The van der Waals surface area contributed by atoms with Gasteiger partial charge in [0.05, 0.1) is 23.4 Å². The number of aryl methyl sites for hydroxylation is 1. The van der Waals surface area contributed by atoms with Gasteiger partial charge in [-0.05, 0) is 17.7 Å². The molecule has 3 aromatic rings. The Bertz CT molecular complexity index is 1730. The smallest absolute Gasteiger partial charge is 0.388 e. The van der Waals surface area contributed by atoms with Gasteiger partial charge in [0, 0.05) is 37.1 Å². The van der Waals surface area contributed by atoms with Gasteiger partial charge in [0.2, 0.25) is 17.7 Å². The lowest BCUT2D eigenvalue weighted by Crippen LogP contribution is -2.35. The van der Waals surface area contributed by atoms with E-state index in [1.165, 1.54) is 22.6 Å². The molecule has 0 saturated carbocycles. The molecule has 1 amide bonds. The number of alkyl halides is 4. The first-order valence-electron chi connectivity index (χ1n) is 13.1. The first kappa shape index (κ1) is 28.2. The second-order valence-corrected chi connectivity index (χ2v) is 9.85. The van der Waals surface area contributed by atoms with Gasteiger partial charge in [-0.25, -0.2) is 18.4 Å².